The molecule has 1 radical (unpaired) electrons. The van der Waals surface area contributed by atoms with E-state index in [-0.39, 0.29) is 12.3 Å². The molecule has 0 heterocycles. The van der Waals surface area contributed by atoms with Gasteiger partial charge in [-0.25, -0.2) is 9.90 Å². The van der Waals surface area contributed by atoms with E-state index in [1.165, 1.54) is 0 Å². The highest BCUT2D eigenvalue weighted by Gasteiger charge is 2.00. The number of unbranched alkanes of at least 4 members (excludes halogenated alkanes) is 6. The van der Waals surface area contributed by atoms with Crippen molar-refractivity contribution in [1.29, 1.82) is 0 Å². The number of rotatable bonds is 12. The van der Waals surface area contributed by atoms with Gasteiger partial charge in [-0.15, -0.1) is 0 Å². The van der Waals surface area contributed by atoms with Gasteiger partial charge >= 0.3 is 5.97 Å². The van der Waals surface area contributed by atoms with Gasteiger partial charge in [-0.2, -0.15) is 0 Å². The Bertz CT molecular complexity index is 229. The largest absolute Gasteiger partial charge is 0.356 e. The maximum atomic E-state index is 11.3. The lowest BCUT2D eigenvalue weighted by atomic mass is 10.1. The van der Waals surface area contributed by atoms with E-state index in [9.17, 15) is 14.7 Å². The normalized spacial score (nSPS) is 10.3. The van der Waals surface area contributed by atoms with Crippen molar-refractivity contribution in [3.05, 3.63) is 0 Å². The third kappa shape index (κ3) is 13.0. The molecule has 0 atom stereocenters. The number of hydrogen-bond acceptors (Lipinski definition) is 2. The van der Waals surface area contributed by atoms with Crippen LogP contribution in [0, 0.1) is 0 Å². The molecule has 0 bridgehead atoms. The first-order valence-corrected chi connectivity index (χ1v) is 7.13. The zero-order valence-electron chi connectivity index (χ0n) is 11.5. The van der Waals surface area contributed by atoms with Crippen molar-refractivity contribution in [2.24, 2.45) is 0 Å². The van der Waals surface area contributed by atoms with E-state index >= 15 is 0 Å². The summed E-state index contributed by atoms with van der Waals surface area (Å²) >= 11 is 0. The summed E-state index contributed by atoms with van der Waals surface area (Å²) in [7, 11) is 0. The van der Waals surface area contributed by atoms with Gasteiger partial charge in [0.15, 0.2) is 0 Å². The van der Waals surface area contributed by atoms with Gasteiger partial charge in [-0.05, 0) is 19.3 Å². The van der Waals surface area contributed by atoms with Gasteiger partial charge < -0.3 is 5.32 Å². The van der Waals surface area contributed by atoms with E-state index in [2.05, 4.69) is 12.2 Å². The molecule has 0 aromatic heterocycles. The van der Waals surface area contributed by atoms with Gasteiger partial charge in [0, 0.05) is 13.0 Å². The van der Waals surface area contributed by atoms with E-state index in [0.717, 1.165) is 51.5 Å². The number of amides is 1. The molecule has 0 spiro atoms. The van der Waals surface area contributed by atoms with Crippen molar-refractivity contribution >= 4 is 11.9 Å². The number of nitrogens with one attached hydrogen (secondary N) is 1. The Kier molecular flexibility index (Phi) is 11.7. The van der Waals surface area contributed by atoms with Gasteiger partial charge in [0.25, 0.3) is 0 Å². The molecule has 4 nitrogen and oxygen atoms in total. The Morgan fingerprint density at radius 2 is 1.44 bits per heavy atom. The molecule has 1 amide bonds. The van der Waals surface area contributed by atoms with Crippen LogP contribution in [0.1, 0.15) is 71.1 Å². The standard InChI is InChI=1S/C14H26NO3/c1-2-3-7-10-13(16)15-12-9-6-4-5-8-11-14(17)18/h2-12H2,1H3,(H,15,16). The average Bonchev–Trinajstić information content (AvgIpc) is 2.32. The summed E-state index contributed by atoms with van der Waals surface area (Å²) in [6.45, 7) is 2.86. The van der Waals surface area contributed by atoms with Gasteiger partial charge in [0.05, 0.1) is 6.42 Å². The number of hydrogen-bond donors (Lipinski definition) is 1. The highest BCUT2D eigenvalue weighted by molar-refractivity contribution is 5.75. The van der Waals surface area contributed by atoms with Crippen molar-refractivity contribution < 1.29 is 14.7 Å². The van der Waals surface area contributed by atoms with E-state index in [4.69, 9.17) is 0 Å². The summed E-state index contributed by atoms with van der Waals surface area (Å²) in [5.41, 5.74) is 0. The summed E-state index contributed by atoms with van der Waals surface area (Å²) in [6, 6.07) is 0. The highest BCUT2D eigenvalue weighted by atomic mass is 16.4. The first-order chi connectivity index (χ1) is 8.66. The molecule has 0 fully saturated rings. The molecule has 0 aromatic carbocycles. The van der Waals surface area contributed by atoms with Gasteiger partial charge in [-0.1, -0.05) is 39.0 Å². The molecule has 0 saturated carbocycles. The van der Waals surface area contributed by atoms with Crippen LogP contribution in [0.2, 0.25) is 0 Å². The first-order valence-electron chi connectivity index (χ1n) is 7.13. The Morgan fingerprint density at radius 3 is 2.11 bits per heavy atom. The molecular weight excluding hydrogens is 230 g/mol. The van der Waals surface area contributed by atoms with E-state index in [0.29, 0.717) is 12.8 Å². The molecule has 1 N–H and O–H groups in total. The number of carbonyl (C=O) groups is 2. The Morgan fingerprint density at radius 1 is 0.833 bits per heavy atom. The van der Waals surface area contributed by atoms with Crippen molar-refractivity contribution in [1.82, 2.24) is 5.32 Å². The second-order valence-corrected chi connectivity index (χ2v) is 4.70. The molecule has 105 valence electrons. The molecule has 4 heteroatoms. The third-order valence-electron chi connectivity index (χ3n) is 2.89. The van der Waals surface area contributed by atoms with Crippen LogP contribution in [-0.4, -0.2) is 18.4 Å². The predicted molar refractivity (Wildman–Crippen MR) is 70.5 cm³/mol. The van der Waals surface area contributed by atoms with Gasteiger partial charge in [0.2, 0.25) is 5.91 Å². The van der Waals surface area contributed by atoms with Crippen molar-refractivity contribution in [2.75, 3.05) is 6.54 Å². The van der Waals surface area contributed by atoms with Crippen LogP contribution >= 0.6 is 0 Å². The first kappa shape index (κ1) is 16.9. The molecule has 18 heavy (non-hydrogen) atoms. The lowest BCUT2D eigenvalue weighted by Gasteiger charge is -2.04. The second-order valence-electron chi connectivity index (χ2n) is 4.70. The smallest absolute Gasteiger partial charge is 0.355 e. The predicted octanol–water partition coefficient (Wildman–Crippen LogP) is 2.98. The molecule has 0 aromatic rings. The van der Waals surface area contributed by atoms with E-state index in [1.54, 1.807) is 0 Å². The minimum atomic E-state index is -0.964. The maximum absolute atomic E-state index is 11.3. The Balaban J connectivity index is 3.15. The molecule has 0 aliphatic rings. The number of carbonyl (C=O) groups excluding carboxylic acids is 2. The third-order valence-corrected chi connectivity index (χ3v) is 2.89. The van der Waals surface area contributed by atoms with Crippen LogP contribution in [0.3, 0.4) is 0 Å². The van der Waals surface area contributed by atoms with Crippen molar-refractivity contribution in [3.63, 3.8) is 0 Å². The Labute approximate surface area is 110 Å². The van der Waals surface area contributed by atoms with Gasteiger partial charge in [0.1, 0.15) is 0 Å². The van der Waals surface area contributed by atoms with Crippen LogP contribution in [-0.2, 0) is 14.7 Å². The molecule has 0 aliphatic heterocycles. The minimum Gasteiger partial charge on any atom is -0.356 e. The molecule has 0 saturated heterocycles. The Hall–Kier alpha value is -1.06. The topological polar surface area (TPSA) is 66.1 Å². The zero-order valence-corrected chi connectivity index (χ0v) is 11.5. The van der Waals surface area contributed by atoms with Crippen LogP contribution in [0.5, 0.6) is 0 Å². The fourth-order valence-electron chi connectivity index (χ4n) is 1.78. The molecule has 0 rings (SSSR count). The molecular formula is C14H26NO3. The van der Waals surface area contributed by atoms with Crippen LogP contribution < -0.4 is 5.32 Å². The van der Waals surface area contributed by atoms with E-state index < -0.39 is 5.97 Å². The van der Waals surface area contributed by atoms with E-state index in [1.807, 2.05) is 0 Å². The maximum Gasteiger partial charge on any atom is 0.355 e. The van der Waals surface area contributed by atoms with Crippen LogP contribution in [0.25, 0.3) is 0 Å². The lowest BCUT2D eigenvalue weighted by molar-refractivity contribution is -0.143. The lowest BCUT2D eigenvalue weighted by Crippen LogP contribution is -2.23. The van der Waals surface area contributed by atoms with Crippen molar-refractivity contribution in [2.45, 2.75) is 71.1 Å². The molecule has 0 aliphatic carbocycles. The van der Waals surface area contributed by atoms with Crippen LogP contribution in [0.4, 0.5) is 0 Å². The highest BCUT2D eigenvalue weighted by Crippen LogP contribution is 2.05. The summed E-state index contributed by atoms with van der Waals surface area (Å²) in [5, 5.41) is 13.1. The zero-order chi connectivity index (χ0) is 13.6. The average molecular weight is 256 g/mol. The fraction of sp³-hybridized carbons (Fsp3) is 0.857. The van der Waals surface area contributed by atoms with Crippen LogP contribution in [0.15, 0.2) is 0 Å². The van der Waals surface area contributed by atoms with Crippen molar-refractivity contribution in [3.8, 4) is 0 Å². The molecule has 0 unspecified atom stereocenters. The monoisotopic (exact) mass is 256 g/mol. The fourth-order valence-corrected chi connectivity index (χ4v) is 1.78. The quantitative estimate of drug-likeness (QED) is 0.545. The second kappa shape index (κ2) is 12.4. The summed E-state index contributed by atoms with van der Waals surface area (Å²) in [4.78, 5) is 21.5. The summed E-state index contributed by atoms with van der Waals surface area (Å²) < 4.78 is 0. The SMILES string of the molecule is CCCCCC(=O)NCCCCCCCC([O])=O. The van der Waals surface area contributed by atoms with Gasteiger partial charge in [-0.3, -0.25) is 4.79 Å². The minimum absolute atomic E-state index is 0.153. The summed E-state index contributed by atoms with van der Waals surface area (Å²) in [6.07, 6.45) is 8.71. The summed E-state index contributed by atoms with van der Waals surface area (Å²) in [5.74, 6) is -0.810.